The first-order valence-corrected chi connectivity index (χ1v) is 5.46. The maximum atomic E-state index is 13.0. The predicted molar refractivity (Wildman–Crippen MR) is 57.0 cm³/mol. The molecule has 0 amide bonds. The number of halogens is 2. The molecule has 1 saturated carbocycles. The fourth-order valence-corrected chi connectivity index (χ4v) is 2.12. The van der Waals surface area contributed by atoms with E-state index in [0.29, 0.717) is 12.8 Å². The number of hydrogen-bond donors (Lipinski definition) is 0. The molecule has 0 N–H and O–H groups in total. The lowest BCUT2D eigenvalue weighted by atomic mass is 9.83. The van der Waals surface area contributed by atoms with Crippen molar-refractivity contribution in [3.8, 4) is 0 Å². The van der Waals surface area contributed by atoms with Crippen molar-refractivity contribution in [2.45, 2.75) is 37.5 Å². The van der Waals surface area contributed by atoms with Gasteiger partial charge in [0, 0.05) is 18.9 Å². The van der Waals surface area contributed by atoms with Crippen molar-refractivity contribution >= 4 is 5.82 Å². The van der Waals surface area contributed by atoms with E-state index in [2.05, 4.69) is 4.98 Å². The van der Waals surface area contributed by atoms with Crippen LogP contribution >= 0.6 is 0 Å². The average molecular weight is 242 g/mol. The topological polar surface area (TPSA) is 56.0 Å². The molecule has 2 rings (SSSR count). The highest BCUT2D eigenvalue weighted by Gasteiger charge is 2.35. The molecule has 0 atom stereocenters. The Kier molecular flexibility index (Phi) is 3.04. The van der Waals surface area contributed by atoms with E-state index in [1.807, 2.05) is 0 Å². The zero-order valence-corrected chi connectivity index (χ0v) is 9.10. The van der Waals surface area contributed by atoms with Crippen LogP contribution in [0.3, 0.4) is 0 Å². The van der Waals surface area contributed by atoms with E-state index in [1.165, 1.54) is 12.3 Å². The van der Waals surface area contributed by atoms with E-state index in [1.54, 1.807) is 6.07 Å². The molecule has 1 aromatic rings. The highest BCUT2D eigenvalue weighted by molar-refractivity contribution is 5.25. The van der Waals surface area contributed by atoms with Crippen molar-refractivity contribution in [3.05, 3.63) is 34.0 Å². The van der Waals surface area contributed by atoms with Crippen molar-refractivity contribution in [1.29, 1.82) is 0 Å². The molecular formula is C11H12F2N2O2. The monoisotopic (exact) mass is 242 g/mol. The van der Waals surface area contributed by atoms with Gasteiger partial charge in [-0.3, -0.25) is 0 Å². The van der Waals surface area contributed by atoms with Crippen molar-refractivity contribution in [3.63, 3.8) is 0 Å². The summed E-state index contributed by atoms with van der Waals surface area (Å²) in [7, 11) is 0. The number of hydrogen-bond acceptors (Lipinski definition) is 3. The minimum atomic E-state index is -2.55. The van der Waals surface area contributed by atoms with Crippen LogP contribution in [0.1, 0.15) is 37.2 Å². The summed E-state index contributed by atoms with van der Waals surface area (Å²) in [5, 5.41) is 10.4. The van der Waals surface area contributed by atoms with Gasteiger partial charge >= 0.3 is 5.82 Å². The fraction of sp³-hybridized carbons (Fsp3) is 0.545. The lowest BCUT2D eigenvalue weighted by molar-refractivity contribution is -0.389. The Morgan fingerprint density at radius 2 is 2.00 bits per heavy atom. The third kappa shape index (κ3) is 2.75. The molecule has 92 valence electrons. The summed E-state index contributed by atoms with van der Waals surface area (Å²) in [6.45, 7) is 0. The Hall–Kier alpha value is -1.59. The highest BCUT2D eigenvalue weighted by Crippen LogP contribution is 2.40. The Morgan fingerprint density at radius 3 is 2.47 bits per heavy atom. The van der Waals surface area contributed by atoms with Crippen LogP contribution in [0.25, 0.3) is 0 Å². The van der Waals surface area contributed by atoms with Gasteiger partial charge in [0.1, 0.15) is 6.20 Å². The lowest BCUT2D eigenvalue weighted by Gasteiger charge is -2.27. The van der Waals surface area contributed by atoms with Crippen LogP contribution in [0.15, 0.2) is 18.3 Å². The maximum absolute atomic E-state index is 13.0. The quantitative estimate of drug-likeness (QED) is 0.590. The molecule has 1 aromatic heterocycles. The van der Waals surface area contributed by atoms with Gasteiger partial charge in [-0.2, -0.15) is 0 Å². The third-order valence-corrected chi connectivity index (χ3v) is 3.15. The van der Waals surface area contributed by atoms with E-state index >= 15 is 0 Å². The Balaban J connectivity index is 2.06. The molecule has 0 bridgehead atoms. The van der Waals surface area contributed by atoms with E-state index in [0.717, 1.165) is 5.56 Å². The summed E-state index contributed by atoms with van der Waals surface area (Å²) in [5.41, 5.74) is 0.811. The first-order chi connectivity index (χ1) is 7.98. The van der Waals surface area contributed by atoms with Crippen LogP contribution in [0.2, 0.25) is 0 Å². The molecule has 4 nitrogen and oxygen atoms in total. The second kappa shape index (κ2) is 4.35. The van der Waals surface area contributed by atoms with Gasteiger partial charge in [0.2, 0.25) is 5.92 Å². The van der Waals surface area contributed by atoms with Crippen LogP contribution in [0.5, 0.6) is 0 Å². The first-order valence-electron chi connectivity index (χ1n) is 5.46. The molecule has 0 aliphatic heterocycles. The molecule has 1 aliphatic carbocycles. The van der Waals surface area contributed by atoms with Crippen molar-refractivity contribution in [2.24, 2.45) is 0 Å². The van der Waals surface area contributed by atoms with Crippen molar-refractivity contribution in [1.82, 2.24) is 4.98 Å². The SMILES string of the molecule is O=[N+]([O-])c1ccc(C2CCC(F)(F)CC2)cn1. The van der Waals surface area contributed by atoms with Gasteiger partial charge < -0.3 is 10.1 Å². The minimum Gasteiger partial charge on any atom is -0.358 e. The zero-order valence-electron chi connectivity index (χ0n) is 9.10. The molecule has 0 radical (unpaired) electrons. The summed E-state index contributed by atoms with van der Waals surface area (Å²) in [6, 6.07) is 2.93. The van der Waals surface area contributed by atoms with E-state index in [4.69, 9.17) is 0 Å². The van der Waals surface area contributed by atoms with Crippen LogP contribution in [0, 0.1) is 10.1 Å². The summed E-state index contributed by atoms with van der Waals surface area (Å²) in [5.74, 6) is -2.72. The molecule has 0 unspecified atom stereocenters. The van der Waals surface area contributed by atoms with Gasteiger partial charge in [-0.15, -0.1) is 0 Å². The molecule has 0 spiro atoms. The first kappa shape index (κ1) is 11.9. The van der Waals surface area contributed by atoms with Gasteiger partial charge in [0.15, 0.2) is 0 Å². The van der Waals surface area contributed by atoms with Crippen LogP contribution in [-0.2, 0) is 0 Å². The summed E-state index contributed by atoms with van der Waals surface area (Å²) in [6.07, 6.45) is 2.01. The molecule has 0 aromatic carbocycles. The Morgan fingerprint density at radius 1 is 1.35 bits per heavy atom. The van der Waals surface area contributed by atoms with E-state index in [9.17, 15) is 18.9 Å². The van der Waals surface area contributed by atoms with Crippen molar-refractivity contribution in [2.75, 3.05) is 0 Å². The van der Waals surface area contributed by atoms with Gasteiger partial charge in [-0.05, 0) is 40.3 Å². The highest BCUT2D eigenvalue weighted by atomic mass is 19.3. The number of nitro groups is 1. The molecule has 1 aliphatic rings. The second-order valence-electron chi connectivity index (χ2n) is 4.34. The normalized spacial score (nSPS) is 20.1. The maximum Gasteiger partial charge on any atom is 0.363 e. The molecule has 1 heterocycles. The largest absolute Gasteiger partial charge is 0.363 e. The lowest BCUT2D eigenvalue weighted by Crippen LogP contribution is -2.23. The number of alkyl halides is 2. The van der Waals surface area contributed by atoms with E-state index < -0.39 is 10.8 Å². The van der Waals surface area contributed by atoms with Gasteiger partial charge in [0.25, 0.3) is 0 Å². The van der Waals surface area contributed by atoms with Gasteiger partial charge in [-0.25, -0.2) is 8.78 Å². The smallest absolute Gasteiger partial charge is 0.358 e. The summed E-state index contributed by atoms with van der Waals surface area (Å²) in [4.78, 5) is 13.6. The summed E-state index contributed by atoms with van der Waals surface area (Å²) >= 11 is 0. The molecular weight excluding hydrogens is 230 g/mol. The van der Waals surface area contributed by atoms with Crippen LogP contribution < -0.4 is 0 Å². The van der Waals surface area contributed by atoms with Crippen LogP contribution in [-0.4, -0.2) is 15.8 Å². The standard InChI is InChI=1S/C11H12F2N2O2/c12-11(13)5-3-8(4-6-11)9-1-2-10(14-7-9)15(16)17/h1-2,7-8H,3-6H2. The van der Waals surface area contributed by atoms with Gasteiger partial charge in [0.05, 0.1) is 0 Å². The number of rotatable bonds is 2. The molecule has 1 fully saturated rings. The Bertz CT molecular complexity index is 410. The van der Waals surface area contributed by atoms with Gasteiger partial charge in [-0.1, -0.05) is 0 Å². The van der Waals surface area contributed by atoms with Crippen LogP contribution in [0.4, 0.5) is 14.6 Å². The third-order valence-electron chi connectivity index (χ3n) is 3.15. The average Bonchev–Trinajstić information content (AvgIpc) is 2.29. The number of pyridine rings is 1. The number of nitrogens with zero attached hydrogens (tertiary/aromatic N) is 2. The van der Waals surface area contributed by atoms with E-state index in [-0.39, 0.29) is 24.6 Å². The summed E-state index contributed by atoms with van der Waals surface area (Å²) < 4.78 is 25.9. The molecule has 6 heteroatoms. The molecule has 0 saturated heterocycles. The zero-order chi connectivity index (χ0) is 12.5. The minimum absolute atomic E-state index is 0.0444. The second-order valence-corrected chi connectivity index (χ2v) is 4.34. The predicted octanol–water partition coefficient (Wildman–Crippen LogP) is 3.28. The molecule has 17 heavy (non-hydrogen) atoms. The Labute approximate surface area is 96.8 Å². The van der Waals surface area contributed by atoms with Crippen molar-refractivity contribution < 1.29 is 13.7 Å². The number of aromatic nitrogens is 1. The fourth-order valence-electron chi connectivity index (χ4n) is 2.12.